The molecule has 0 saturated heterocycles. The zero-order valence-corrected chi connectivity index (χ0v) is 25.4. The van der Waals surface area contributed by atoms with Gasteiger partial charge in [0, 0.05) is 25.6 Å². The van der Waals surface area contributed by atoms with Gasteiger partial charge in [-0.25, -0.2) is 8.42 Å². The summed E-state index contributed by atoms with van der Waals surface area (Å²) in [4.78, 5) is 28.8. The maximum Gasteiger partial charge on any atom is 0.243 e. The van der Waals surface area contributed by atoms with Crippen molar-refractivity contribution in [1.29, 1.82) is 0 Å². The molecule has 0 heterocycles. The molecule has 0 radical (unpaired) electrons. The van der Waals surface area contributed by atoms with Gasteiger partial charge in [-0.1, -0.05) is 44.4 Å². The number of amides is 2. The molecule has 9 heteroatoms. The van der Waals surface area contributed by atoms with Crippen molar-refractivity contribution < 1.29 is 22.7 Å². The number of carbonyl (C=O) groups is 2. The Hall–Kier alpha value is -3.07. The predicted octanol–water partition coefficient (Wildman–Crippen LogP) is 5.11. The molecule has 1 unspecified atom stereocenters. The predicted molar refractivity (Wildman–Crippen MR) is 160 cm³/mol. The van der Waals surface area contributed by atoms with Gasteiger partial charge in [0.05, 0.1) is 19.1 Å². The summed E-state index contributed by atoms with van der Waals surface area (Å²) in [6.45, 7) is 6.31. The Morgan fingerprint density at radius 2 is 1.70 bits per heavy atom. The highest BCUT2D eigenvalue weighted by molar-refractivity contribution is 7.92. The van der Waals surface area contributed by atoms with Crippen molar-refractivity contribution in [2.24, 2.45) is 0 Å². The third-order valence-corrected chi connectivity index (χ3v) is 8.97. The number of ether oxygens (including phenoxy) is 1. The van der Waals surface area contributed by atoms with Crippen LogP contribution in [0.4, 0.5) is 5.69 Å². The van der Waals surface area contributed by atoms with Crippen LogP contribution in [0.15, 0.2) is 42.5 Å². The van der Waals surface area contributed by atoms with E-state index < -0.39 is 16.1 Å². The van der Waals surface area contributed by atoms with E-state index in [9.17, 15) is 18.0 Å². The van der Waals surface area contributed by atoms with Crippen LogP contribution < -0.4 is 14.4 Å². The van der Waals surface area contributed by atoms with Gasteiger partial charge in [-0.15, -0.1) is 0 Å². The van der Waals surface area contributed by atoms with Crippen molar-refractivity contribution in [1.82, 2.24) is 10.2 Å². The Morgan fingerprint density at radius 1 is 1.02 bits per heavy atom. The molecule has 2 aromatic carbocycles. The number of benzene rings is 2. The zero-order chi connectivity index (χ0) is 29.3. The molecule has 1 saturated carbocycles. The average Bonchev–Trinajstić information content (AvgIpc) is 2.92. The highest BCUT2D eigenvalue weighted by Gasteiger charge is 2.30. The molecule has 40 heavy (non-hydrogen) atoms. The summed E-state index contributed by atoms with van der Waals surface area (Å²) in [6.07, 6.45) is 7.46. The van der Waals surface area contributed by atoms with Crippen molar-refractivity contribution in [3.05, 3.63) is 59.2 Å². The fourth-order valence-corrected chi connectivity index (χ4v) is 6.23. The zero-order valence-electron chi connectivity index (χ0n) is 24.6. The quantitative estimate of drug-likeness (QED) is 0.360. The van der Waals surface area contributed by atoms with Gasteiger partial charge in [-0.05, 0) is 80.5 Å². The number of anilines is 1. The van der Waals surface area contributed by atoms with Crippen molar-refractivity contribution in [2.45, 2.75) is 90.8 Å². The number of methoxy groups -OCH3 is 1. The van der Waals surface area contributed by atoms with Crippen molar-refractivity contribution in [3.63, 3.8) is 0 Å². The first-order valence-corrected chi connectivity index (χ1v) is 16.2. The van der Waals surface area contributed by atoms with Crippen LogP contribution in [0.5, 0.6) is 5.75 Å². The lowest BCUT2D eigenvalue weighted by Crippen LogP contribution is -2.51. The Morgan fingerprint density at radius 3 is 2.27 bits per heavy atom. The fourth-order valence-electron chi connectivity index (χ4n) is 5.28. The van der Waals surface area contributed by atoms with Crippen LogP contribution in [0.25, 0.3) is 0 Å². The van der Waals surface area contributed by atoms with Gasteiger partial charge in [-0.3, -0.25) is 13.9 Å². The normalized spacial score (nSPS) is 14.8. The molecule has 1 atom stereocenters. The van der Waals surface area contributed by atoms with E-state index in [1.54, 1.807) is 18.1 Å². The molecule has 1 aliphatic carbocycles. The van der Waals surface area contributed by atoms with E-state index in [1.807, 2.05) is 57.2 Å². The average molecular weight is 572 g/mol. The summed E-state index contributed by atoms with van der Waals surface area (Å²) in [5.41, 5.74) is 3.57. The lowest BCUT2D eigenvalue weighted by atomic mass is 9.95. The van der Waals surface area contributed by atoms with Crippen LogP contribution in [0.1, 0.15) is 75.0 Å². The van der Waals surface area contributed by atoms with E-state index in [1.165, 1.54) is 17.0 Å². The van der Waals surface area contributed by atoms with Crippen LogP contribution in [0.2, 0.25) is 0 Å². The molecule has 1 aliphatic rings. The molecule has 0 aliphatic heterocycles. The molecule has 0 bridgehead atoms. The summed E-state index contributed by atoms with van der Waals surface area (Å²) in [5.74, 6) is 0.426. The molecular weight excluding hydrogens is 526 g/mol. The van der Waals surface area contributed by atoms with Gasteiger partial charge in [0.25, 0.3) is 0 Å². The molecule has 1 fully saturated rings. The summed E-state index contributed by atoms with van der Waals surface area (Å²) < 4.78 is 31.9. The molecule has 2 amide bonds. The third kappa shape index (κ3) is 8.71. The van der Waals surface area contributed by atoms with Gasteiger partial charge in [0.2, 0.25) is 21.8 Å². The molecule has 1 N–H and O–H groups in total. The maximum absolute atomic E-state index is 13.7. The number of sulfonamides is 1. The first-order valence-electron chi connectivity index (χ1n) is 14.3. The van der Waals surface area contributed by atoms with E-state index in [2.05, 4.69) is 5.32 Å². The maximum atomic E-state index is 13.7. The summed E-state index contributed by atoms with van der Waals surface area (Å²) in [5, 5.41) is 3.19. The second kappa shape index (κ2) is 14.5. The van der Waals surface area contributed by atoms with Gasteiger partial charge < -0.3 is 15.0 Å². The van der Waals surface area contributed by atoms with E-state index in [0.717, 1.165) is 48.1 Å². The Labute approximate surface area is 240 Å². The number of hydrogen-bond acceptors (Lipinski definition) is 5. The van der Waals surface area contributed by atoms with E-state index in [-0.39, 0.29) is 37.4 Å². The topological polar surface area (TPSA) is 96.0 Å². The second-order valence-corrected chi connectivity index (χ2v) is 12.8. The largest absolute Gasteiger partial charge is 0.497 e. The van der Waals surface area contributed by atoms with Crippen molar-refractivity contribution in [3.8, 4) is 5.75 Å². The van der Waals surface area contributed by atoms with Crippen LogP contribution in [0.3, 0.4) is 0 Å². The van der Waals surface area contributed by atoms with Gasteiger partial charge >= 0.3 is 0 Å². The minimum absolute atomic E-state index is 0.121. The number of aryl methyl sites for hydroxylation is 2. The van der Waals surface area contributed by atoms with Crippen molar-refractivity contribution >= 4 is 27.5 Å². The molecule has 3 rings (SSSR count). The summed E-state index contributed by atoms with van der Waals surface area (Å²) in [7, 11) is -1.94. The van der Waals surface area contributed by atoms with Crippen molar-refractivity contribution in [2.75, 3.05) is 24.2 Å². The highest BCUT2D eigenvalue weighted by Crippen LogP contribution is 2.23. The Balaban J connectivity index is 1.77. The number of carbonyl (C=O) groups excluding carboxylic acids is 2. The Bertz CT molecular complexity index is 1240. The third-order valence-electron chi connectivity index (χ3n) is 7.78. The second-order valence-electron chi connectivity index (χ2n) is 10.8. The van der Waals surface area contributed by atoms with Crippen LogP contribution in [-0.4, -0.2) is 57.1 Å². The number of nitrogens with zero attached hydrogens (tertiary/aromatic N) is 2. The van der Waals surface area contributed by atoms with Gasteiger partial charge in [0.15, 0.2) is 0 Å². The molecule has 220 valence electrons. The minimum Gasteiger partial charge on any atom is -0.497 e. The SMILES string of the molecule is CCC(C(=O)NC1CCCCC1)N(Cc1ccc(OC)cc1)C(=O)CCCN(c1ccc(C)c(C)c1)S(C)(=O)=O. The summed E-state index contributed by atoms with van der Waals surface area (Å²) >= 11 is 0. The fraction of sp³-hybridized carbons (Fsp3) is 0.548. The lowest BCUT2D eigenvalue weighted by molar-refractivity contribution is -0.141. The number of hydrogen-bond donors (Lipinski definition) is 1. The molecule has 0 spiro atoms. The van der Waals surface area contributed by atoms with Crippen LogP contribution in [-0.2, 0) is 26.2 Å². The Kier molecular flexibility index (Phi) is 11.4. The monoisotopic (exact) mass is 571 g/mol. The van der Waals surface area contributed by atoms with Crippen LogP contribution >= 0.6 is 0 Å². The smallest absolute Gasteiger partial charge is 0.243 e. The highest BCUT2D eigenvalue weighted by atomic mass is 32.2. The minimum atomic E-state index is -3.54. The molecule has 0 aromatic heterocycles. The number of nitrogens with one attached hydrogen (secondary N) is 1. The van der Waals surface area contributed by atoms with Crippen LogP contribution in [0, 0.1) is 13.8 Å². The molecule has 2 aromatic rings. The van der Waals surface area contributed by atoms with E-state index >= 15 is 0 Å². The van der Waals surface area contributed by atoms with E-state index in [4.69, 9.17) is 4.74 Å². The molecule has 8 nitrogen and oxygen atoms in total. The first-order chi connectivity index (χ1) is 19.0. The number of rotatable bonds is 13. The van der Waals surface area contributed by atoms with Gasteiger partial charge in [-0.2, -0.15) is 0 Å². The van der Waals surface area contributed by atoms with E-state index in [0.29, 0.717) is 18.5 Å². The lowest BCUT2D eigenvalue weighted by Gasteiger charge is -2.33. The van der Waals surface area contributed by atoms with Gasteiger partial charge in [0.1, 0.15) is 11.8 Å². The summed E-state index contributed by atoms with van der Waals surface area (Å²) in [6, 6.07) is 12.6. The first kappa shape index (κ1) is 31.5. The standard InChI is InChI=1S/C31H45N3O5S/c1-6-29(31(36)32-26-11-8-7-9-12-26)33(22-25-15-18-28(39-4)19-16-25)30(35)13-10-20-34(40(5,37)38)27-17-14-23(2)24(3)21-27/h14-19,21,26,29H,6-13,20,22H2,1-5H3,(H,32,36). The molecular formula is C31H45N3O5S.